The molecule has 0 radical (unpaired) electrons. The highest BCUT2D eigenvalue weighted by atomic mass is 16.5. The predicted octanol–water partition coefficient (Wildman–Crippen LogP) is 3.63. The van der Waals surface area contributed by atoms with Crippen LogP contribution in [-0.4, -0.2) is 37.5 Å². The fourth-order valence-corrected chi connectivity index (χ4v) is 4.65. The van der Waals surface area contributed by atoms with E-state index in [1.807, 2.05) is 36.4 Å². The highest BCUT2D eigenvalue weighted by molar-refractivity contribution is 5.97. The summed E-state index contributed by atoms with van der Waals surface area (Å²) in [6.07, 6.45) is 3.06. The van der Waals surface area contributed by atoms with Gasteiger partial charge in [-0.2, -0.15) is 5.26 Å². The molecule has 0 spiro atoms. The molecule has 2 N–H and O–H groups in total. The summed E-state index contributed by atoms with van der Waals surface area (Å²) < 4.78 is 9.02. The largest absolute Gasteiger partial charge is 0.457 e. The Balaban J connectivity index is 1.52. The zero-order valence-electron chi connectivity index (χ0n) is 19.5. The van der Waals surface area contributed by atoms with Crippen molar-refractivity contribution in [3.05, 3.63) is 89.5 Å². The molecule has 1 fully saturated rings. The molecular formula is C27H24N6O3. The number of amides is 1. The first-order valence-corrected chi connectivity index (χ1v) is 11.6. The maximum atomic E-state index is 13.7. The third-order valence-corrected chi connectivity index (χ3v) is 6.37. The summed E-state index contributed by atoms with van der Waals surface area (Å²) in [7, 11) is 0. The molecule has 0 bridgehead atoms. The van der Waals surface area contributed by atoms with Crippen LogP contribution in [0.4, 0.5) is 5.82 Å². The monoisotopic (exact) mass is 480 g/mol. The van der Waals surface area contributed by atoms with Crippen molar-refractivity contribution in [2.24, 2.45) is 0 Å². The normalized spacial score (nSPS) is 15.1. The van der Waals surface area contributed by atoms with Crippen LogP contribution in [0.5, 0.6) is 11.5 Å². The number of pyridine rings is 1. The first-order chi connectivity index (χ1) is 17.5. The van der Waals surface area contributed by atoms with E-state index in [9.17, 15) is 9.59 Å². The number of nitriles is 1. The first-order valence-electron chi connectivity index (χ1n) is 11.6. The standard InChI is InChI=1S/C27H24N6O3/c1-18(16-28)26(34)31-15-5-6-20(31)17-32-23-13-14-30-25(29)24(23)33(27(32)35)19-9-11-22(12-10-19)36-21-7-3-2-4-8-21/h2-4,7-14,20H,1,5-6,15,17H2,(H2,29,30)/t20-/m0/s1. The smallest absolute Gasteiger partial charge is 0.333 e. The number of nitrogen functional groups attached to an aromatic ring is 1. The molecule has 3 heterocycles. The van der Waals surface area contributed by atoms with Gasteiger partial charge in [0.05, 0.1) is 17.2 Å². The van der Waals surface area contributed by atoms with Gasteiger partial charge in [0.2, 0.25) is 0 Å². The average Bonchev–Trinajstić information content (AvgIpc) is 3.48. The van der Waals surface area contributed by atoms with Crippen LogP contribution in [0.3, 0.4) is 0 Å². The number of hydrogen-bond donors (Lipinski definition) is 1. The van der Waals surface area contributed by atoms with Gasteiger partial charge < -0.3 is 15.4 Å². The molecule has 9 heteroatoms. The molecule has 9 nitrogen and oxygen atoms in total. The van der Waals surface area contributed by atoms with Gasteiger partial charge in [0.15, 0.2) is 0 Å². The van der Waals surface area contributed by atoms with E-state index in [1.54, 1.807) is 46.0 Å². The maximum absolute atomic E-state index is 13.7. The van der Waals surface area contributed by atoms with Crippen molar-refractivity contribution in [2.45, 2.75) is 25.4 Å². The fraction of sp³-hybridized carbons (Fsp3) is 0.185. The minimum atomic E-state index is -0.396. The van der Waals surface area contributed by atoms with Gasteiger partial charge in [-0.15, -0.1) is 0 Å². The summed E-state index contributed by atoms with van der Waals surface area (Å²) in [5, 5.41) is 9.10. The molecule has 1 aliphatic rings. The van der Waals surface area contributed by atoms with Gasteiger partial charge >= 0.3 is 5.69 Å². The molecule has 2 aromatic heterocycles. The third-order valence-electron chi connectivity index (χ3n) is 6.37. The van der Waals surface area contributed by atoms with Crippen LogP contribution in [0.15, 0.2) is 83.8 Å². The van der Waals surface area contributed by atoms with Crippen molar-refractivity contribution in [3.8, 4) is 23.3 Å². The number of imidazole rings is 1. The topological polar surface area (TPSA) is 119 Å². The molecule has 180 valence electrons. The van der Waals surface area contributed by atoms with Crippen molar-refractivity contribution in [3.63, 3.8) is 0 Å². The number of carbonyl (C=O) groups excluding carboxylic acids is 1. The number of benzene rings is 2. The lowest BCUT2D eigenvalue weighted by atomic mass is 10.2. The Labute approximate surface area is 207 Å². The van der Waals surface area contributed by atoms with Crippen LogP contribution >= 0.6 is 0 Å². The zero-order valence-corrected chi connectivity index (χ0v) is 19.5. The van der Waals surface area contributed by atoms with Gasteiger partial charge in [0.1, 0.15) is 34.5 Å². The number of aromatic nitrogens is 3. The molecule has 4 aromatic rings. The number of nitrogens with two attached hydrogens (primary N) is 1. The molecule has 36 heavy (non-hydrogen) atoms. The summed E-state index contributed by atoms with van der Waals surface area (Å²) in [5.74, 6) is 1.17. The van der Waals surface area contributed by atoms with E-state index in [1.165, 1.54) is 4.57 Å². The number of fused-ring (bicyclic) bond motifs is 1. The Morgan fingerprint density at radius 2 is 1.86 bits per heavy atom. The van der Waals surface area contributed by atoms with Crippen LogP contribution in [-0.2, 0) is 11.3 Å². The molecule has 1 aliphatic heterocycles. The highest BCUT2D eigenvalue weighted by Crippen LogP contribution is 2.27. The summed E-state index contributed by atoms with van der Waals surface area (Å²) in [4.78, 5) is 32.2. The van der Waals surface area contributed by atoms with Crippen molar-refractivity contribution in [1.29, 1.82) is 5.26 Å². The summed E-state index contributed by atoms with van der Waals surface area (Å²) in [6, 6.07) is 19.9. The quantitative estimate of drug-likeness (QED) is 0.332. The van der Waals surface area contributed by atoms with Crippen LogP contribution in [0.2, 0.25) is 0 Å². The lowest BCUT2D eigenvalue weighted by Gasteiger charge is -2.24. The second-order valence-corrected chi connectivity index (χ2v) is 8.59. The number of rotatable bonds is 6. The Morgan fingerprint density at radius 3 is 2.58 bits per heavy atom. The van der Waals surface area contributed by atoms with E-state index in [4.69, 9.17) is 15.7 Å². The van der Waals surface area contributed by atoms with E-state index < -0.39 is 5.91 Å². The van der Waals surface area contributed by atoms with E-state index in [0.717, 1.165) is 12.8 Å². The molecule has 1 atom stereocenters. The Hall–Kier alpha value is -4.84. The van der Waals surface area contributed by atoms with Gasteiger partial charge in [0, 0.05) is 19.3 Å². The first kappa shape index (κ1) is 22.9. The van der Waals surface area contributed by atoms with E-state index >= 15 is 0 Å². The van der Waals surface area contributed by atoms with Crippen LogP contribution < -0.4 is 16.2 Å². The molecular weight excluding hydrogens is 456 g/mol. The fourth-order valence-electron chi connectivity index (χ4n) is 4.65. The molecule has 2 aromatic carbocycles. The molecule has 0 aliphatic carbocycles. The molecule has 5 rings (SSSR count). The molecule has 1 amide bonds. The Bertz CT molecular complexity index is 1550. The van der Waals surface area contributed by atoms with Crippen molar-refractivity contribution in [1.82, 2.24) is 19.0 Å². The Morgan fingerprint density at radius 1 is 1.14 bits per heavy atom. The summed E-state index contributed by atoms with van der Waals surface area (Å²) in [5.41, 5.74) is 7.56. The highest BCUT2D eigenvalue weighted by Gasteiger charge is 2.31. The second kappa shape index (κ2) is 9.43. The molecule has 0 unspecified atom stereocenters. The maximum Gasteiger partial charge on any atom is 0.333 e. The number of nitrogens with zero attached hydrogens (tertiary/aromatic N) is 5. The van der Waals surface area contributed by atoms with E-state index in [-0.39, 0.29) is 29.7 Å². The van der Waals surface area contributed by atoms with Crippen LogP contribution in [0.1, 0.15) is 12.8 Å². The van der Waals surface area contributed by atoms with Crippen molar-refractivity contribution >= 4 is 22.8 Å². The van der Waals surface area contributed by atoms with Gasteiger partial charge in [-0.25, -0.2) is 9.78 Å². The van der Waals surface area contributed by atoms with Gasteiger partial charge in [-0.1, -0.05) is 24.8 Å². The van der Waals surface area contributed by atoms with Crippen LogP contribution in [0.25, 0.3) is 16.7 Å². The number of para-hydroxylation sites is 1. The van der Waals surface area contributed by atoms with E-state index in [2.05, 4.69) is 11.6 Å². The predicted molar refractivity (Wildman–Crippen MR) is 136 cm³/mol. The number of hydrogen-bond acceptors (Lipinski definition) is 6. The number of ether oxygens (including phenoxy) is 1. The lowest BCUT2D eigenvalue weighted by Crippen LogP contribution is -2.40. The lowest BCUT2D eigenvalue weighted by molar-refractivity contribution is -0.127. The van der Waals surface area contributed by atoms with Gasteiger partial charge in [0.25, 0.3) is 5.91 Å². The minimum Gasteiger partial charge on any atom is -0.457 e. The van der Waals surface area contributed by atoms with Crippen molar-refractivity contribution in [2.75, 3.05) is 12.3 Å². The Kier molecular flexibility index (Phi) is 6.00. The van der Waals surface area contributed by atoms with E-state index in [0.29, 0.717) is 34.8 Å². The summed E-state index contributed by atoms with van der Waals surface area (Å²) in [6.45, 7) is 4.34. The number of likely N-dealkylation sites (tertiary alicyclic amines) is 1. The number of anilines is 1. The minimum absolute atomic E-state index is 0.108. The number of carbonyl (C=O) groups is 1. The summed E-state index contributed by atoms with van der Waals surface area (Å²) >= 11 is 0. The van der Waals surface area contributed by atoms with Crippen LogP contribution in [0, 0.1) is 11.3 Å². The average molecular weight is 481 g/mol. The third kappa shape index (κ3) is 4.09. The molecule has 1 saturated heterocycles. The zero-order chi connectivity index (χ0) is 25.2. The van der Waals surface area contributed by atoms with Gasteiger partial charge in [-0.05, 0) is 55.3 Å². The second-order valence-electron chi connectivity index (χ2n) is 8.59. The SMILES string of the molecule is C=C(C#N)C(=O)N1CCC[C@H]1Cn1c(=O)n(-c2ccc(Oc3ccccc3)cc2)c2c(N)nccc21. The van der Waals surface area contributed by atoms with Crippen molar-refractivity contribution < 1.29 is 9.53 Å². The van der Waals surface area contributed by atoms with Gasteiger partial charge in [-0.3, -0.25) is 13.9 Å². The molecule has 0 saturated carbocycles.